The van der Waals surface area contributed by atoms with E-state index in [4.69, 9.17) is 21.3 Å². The molecule has 1 aliphatic rings. The lowest BCUT2D eigenvalue weighted by Gasteiger charge is -2.31. The molecule has 3 aromatic carbocycles. The maximum absolute atomic E-state index is 14.0. The number of ether oxygens (including phenoxy) is 1. The Morgan fingerprint density at radius 1 is 1.11 bits per heavy atom. The van der Waals surface area contributed by atoms with Crippen LogP contribution in [0.5, 0.6) is 5.75 Å². The highest BCUT2D eigenvalue weighted by Gasteiger charge is 2.26. The van der Waals surface area contributed by atoms with Crippen LogP contribution in [0.15, 0.2) is 71.5 Å². The Morgan fingerprint density at radius 2 is 1.86 bits per heavy atom. The first-order valence-corrected chi connectivity index (χ1v) is 12.2. The van der Waals surface area contributed by atoms with Crippen LogP contribution >= 0.6 is 11.6 Å². The van der Waals surface area contributed by atoms with E-state index in [-0.39, 0.29) is 11.5 Å². The van der Waals surface area contributed by atoms with Gasteiger partial charge < -0.3 is 14.7 Å². The van der Waals surface area contributed by atoms with Gasteiger partial charge in [0.05, 0.1) is 23.6 Å². The Morgan fingerprint density at radius 3 is 2.61 bits per heavy atom. The fraction of sp³-hybridized carbons (Fsp3) is 0.250. The molecule has 4 aromatic rings. The molecule has 1 aromatic heterocycles. The van der Waals surface area contributed by atoms with Gasteiger partial charge in [-0.3, -0.25) is 9.36 Å². The lowest BCUT2D eigenvalue weighted by atomic mass is 9.97. The number of hydrogen-bond acceptors (Lipinski definition) is 4. The van der Waals surface area contributed by atoms with Crippen molar-refractivity contribution >= 4 is 28.6 Å². The van der Waals surface area contributed by atoms with Crippen LogP contribution in [0.25, 0.3) is 33.4 Å². The Bertz CT molecular complexity index is 1480. The molecule has 1 amide bonds. The number of rotatable bonds is 5. The zero-order valence-corrected chi connectivity index (χ0v) is 20.6. The van der Waals surface area contributed by atoms with Crippen molar-refractivity contribution in [3.63, 3.8) is 0 Å². The van der Waals surface area contributed by atoms with Crippen LogP contribution in [-0.2, 0) is 6.54 Å². The molecule has 1 aliphatic heterocycles. The van der Waals surface area contributed by atoms with Gasteiger partial charge in [0, 0.05) is 24.7 Å². The lowest BCUT2D eigenvalue weighted by molar-refractivity contribution is 0.116. The maximum Gasteiger partial charge on any atom is 0.407 e. The van der Waals surface area contributed by atoms with Crippen molar-refractivity contribution < 1.29 is 14.6 Å². The molecule has 1 N–H and O–H groups in total. The number of carbonyl (C=O) groups is 1. The summed E-state index contributed by atoms with van der Waals surface area (Å²) in [6, 6.07) is 20.6. The average Bonchev–Trinajstić information content (AvgIpc) is 2.90. The van der Waals surface area contributed by atoms with Gasteiger partial charge in [0.1, 0.15) is 11.6 Å². The highest BCUT2D eigenvalue weighted by atomic mass is 35.5. The van der Waals surface area contributed by atoms with Crippen molar-refractivity contribution in [2.45, 2.75) is 19.4 Å². The van der Waals surface area contributed by atoms with Crippen LogP contribution in [0.2, 0.25) is 5.02 Å². The van der Waals surface area contributed by atoms with Crippen molar-refractivity contribution in [1.82, 2.24) is 14.5 Å². The van der Waals surface area contributed by atoms with Gasteiger partial charge in [-0.2, -0.15) is 0 Å². The van der Waals surface area contributed by atoms with Gasteiger partial charge in [0.25, 0.3) is 5.56 Å². The second-order valence-electron chi connectivity index (χ2n) is 9.03. The predicted molar refractivity (Wildman–Crippen MR) is 141 cm³/mol. The normalized spacial score (nSPS) is 15.7. The number of amides is 1. The van der Waals surface area contributed by atoms with Crippen molar-refractivity contribution in [2.24, 2.45) is 5.92 Å². The van der Waals surface area contributed by atoms with E-state index < -0.39 is 6.09 Å². The molecular weight excluding hydrogens is 478 g/mol. The number of nitrogens with zero attached hydrogens (tertiary/aromatic N) is 3. The van der Waals surface area contributed by atoms with Gasteiger partial charge in [-0.15, -0.1) is 0 Å². The largest absolute Gasteiger partial charge is 0.496 e. The molecule has 0 radical (unpaired) electrons. The summed E-state index contributed by atoms with van der Waals surface area (Å²) in [6.07, 6.45) is 0.670. The molecule has 0 bridgehead atoms. The zero-order valence-electron chi connectivity index (χ0n) is 19.9. The molecule has 0 spiro atoms. The summed E-state index contributed by atoms with van der Waals surface area (Å²) in [5.41, 5.74) is 2.98. The van der Waals surface area contributed by atoms with Crippen molar-refractivity contribution in [2.75, 3.05) is 20.2 Å². The third kappa shape index (κ3) is 4.66. The summed E-state index contributed by atoms with van der Waals surface area (Å²) in [5, 5.41) is 10.6. The number of carboxylic acid groups (broad SMARTS) is 1. The van der Waals surface area contributed by atoms with E-state index in [0.717, 1.165) is 24.0 Å². The van der Waals surface area contributed by atoms with E-state index in [1.807, 2.05) is 66.7 Å². The summed E-state index contributed by atoms with van der Waals surface area (Å²) in [6.45, 7) is 1.26. The van der Waals surface area contributed by atoms with E-state index in [1.165, 1.54) is 4.90 Å². The number of methoxy groups -OCH3 is 1. The SMILES string of the molecule is COc1ccccc1-c1nc2ccc(-c3ccc(Cl)cc3)cc2c(=O)n1C[C@H]1CCCN(C(=O)O)C1. The van der Waals surface area contributed by atoms with Gasteiger partial charge in [-0.05, 0) is 66.3 Å². The van der Waals surface area contributed by atoms with Crippen LogP contribution in [0.1, 0.15) is 12.8 Å². The molecule has 0 unspecified atom stereocenters. The number of piperidine rings is 1. The molecule has 1 saturated heterocycles. The minimum atomic E-state index is -0.929. The first-order valence-electron chi connectivity index (χ1n) is 11.9. The Kier molecular flexibility index (Phi) is 6.65. The quantitative estimate of drug-likeness (QED) is 0.373. The summed E-state index contributed by atoms with van der Waals surface area (Å²) in [7, 11) is 1.59. The van der Waals surface area contributed by atoms with Crippen molar-refractivity contribution in [1.29, 1.82) is 0 Å². The van der Waals surface area contributed by atoms with E-state index in [0.29, 0.717) is 52.7 Å². The maximum atomic E-state index is 14.0. The van der Waals surface area contributed by atoms with Crippen molar-refractivity contribution in [3.05, 3.63) is 82.1 Å². The summed E-state index contributed by atoms with van der Waals surface area (Å²) in [4.78, 5) is 31.9. The third-order valence-electron chi connectivity index (χ3n) is 6.71. The Labute approximate surface area is 213 Å². The second-order valence-corrected chi connectivity index (χ2v) is 9.46. The molecule has 8 heteroatoms. The fourth-order valence-corrected chi connectivity index (χ4v) is 5.02. The number of hydrogen-bond donors (Lipinski definition) is 1. The minimum absolute atomic E-state index is 0.000273. The Balaban J connectivity index is 1.66. The molecular formula is C28H26ClN3O4. The number of para-hydroxylation sites is 1. The van der Waals surface area contributed by atoms with Gasteiger partial charge in [-0.1, -0.05) is 41.9 Å². The topological polar surface area (TPSA) is 84.7 Å². The van der Waals surface area contributed by atoms with E-state index in [1.54, 1.807) is 11.7 Å². The third-order valence-corrected chi connectivity index (χ3v) is 6.96. The summed E-state index contributed by atoms with van der Waals surface area (Å²) < 4.78 is 7.26. The second kappa shape index (κ2) is 10.0. The van der Waals surface area contributed by atoms with Crippen LogP contribution in [-0.4, -0.2) is 45.9 Å². The standard InChI is InChI=1S/C28H26ClN3O4/c1-36-25-7-3-2-6-22(25)26-30-24-13-10-20(19-8-11-21(29)12-9-19)15-23(24)27(33)32(26)17-18-5-4-14-31(16-18)28(34)35/h2-3,6-13,15,18H,4-5,14,16-17H2,1H3,(H,34,35)/t18-/m0/s1. The van der Waals surface area contributed by atoms with Crippen molar-refractivity contribution in [3.8, 4) is 28.3 Å². The molecule has 7 nitrogen and oxygen atoms in total. The molecule has 5 rings (SSSR count). The van der Waals surface area contributed by atoms with E-state index in [2.05, 4.69) is 0 Å². The first-order chi connectivity index (χ1) is 17.4. The lowest BCUT2D eigenvalue weighted by Crippen LogP contribution is -2.41. The molecule has 2 heterocycles. The monoisotopic (exact) mass is 503 g/mol. The summed E-state index contributed by atoms with van der Waals surface area (Å²) in [5.74, 6) is 1.13. The Hall–Kier alpha value is -3.84. The molecule has 184 valence electrons. The van der Waals surface area contributed by atoms with Gasteiger partial charge in [0.15, 0.2) is 0 Å². The number of fused-ring (bicyclic) bond motifs is 1. The molecule has 1 fully saturated rings. The highest BCUT2D eigenvalue weighted by Crippen LogP contribution is 2.31. The number of aromatic nitrogens is 2. The van der Waals surface area contributed by atoms with Gasteiger partial charge in [0.2, 0.25) is 0 Å². The number of halogens is 1. The van der Waals surface area contributed by atoms with Crippen LogP contribution < -0.4 is 10.3 Å². The van der Waals surface area contributed by atoms with Crippen LogP contribution in [0.3, 0.4) is 0 Å². The molecule has 0 aliphatic carbocycles. The first kappa shape index (κ1) is 23.9. The van der Waals surface area contributed by atoms with Gasteiger partial charge in [-0.25, -0.2) is 9.78 Å². The van der Waals surface area contributed by atoms with E-state index in [9.17, 15) is 14.7 Å². The van der Waals surface area contributed by atoms with Crippen LogP contribution in [0, 0.1) is 5.92 Å². The molecule has 36 heavy (non-hydrogen) atoms. The smallest absolute Gasteiger partial charge is 0.407 e. The van der Waals surface area contributed by atoms with Gasteiger partial charge >= 0.3 is 6.09 Å². The molecule has 1 atom stereocenters. The highest BCUT2D eigenvalue weighted by molar-refractivity contribution is 6.30. The van der Waals surface area contributed by atoms with E-state index >= 15 is 0 Å². The molecule has 0 saturated carbocycles. The fourth-order valence-electron chi connectivity index (χ4n) is 4.89. The summed E-state index contributed by atoms with van der Waals surface area (Å²) >= 11 is 6.05. The predicted octanol–water partition coefficient (Wildman–Crippen LogP) is 5.78. The average molecular weight is 504 g/mol. The minimum Gasteiger partial charge on any atom is -0.496 e. The number of likely N-dealkylation sites (tertiary alicyclic amines) is 1. The zero-order chi connectivity index (χ0) is 25.2. The number of benzene rings is 3. The van der Waals surface area contributed by atoms with Crippen LogP contribution in [0.4, 0.5) is 4.79 Å².